The summed E-state index contributed by atoms with van der Waals surface area (Å²) in [5, 5.41) is 28.4. The molecule has 0 saturated heterocycles. The van der Waals surface area contributed by atoms with Gasteiger partial charge in [0.15, 0.2) is 0 Å². The Bertz CT molecular complexity index is 1390. The molecule has 2 heterocycles. The smallest absolute Gasteiger partial charge is 0.844 e. The number of hydrogen-bond acceptors (Lipinski definition) is 12. The standard InChI is InChI=1S/2C13H12BrN3O3.Hg/c2*1-2-20-12(18)8-7-15-13(19)17-11(8)16-10-6-4-3-5-9(10)14;/h2*3-7H,2H2,1H3,(H2,15,16,17,19);/q;;+2/p-2. The third-order valence-corrected chi connectivity index (χ3v) is 6.16. The van der Waals surface area contributed by atoms with Crippen LogP contribution in [0.5, 0.6) is 12.0 Å². The van der Waals surface area contributed by atoms with Gasteiger partial charge in [-0.05, 0) is 70.0 Å². The summed E-state index contributed by atoms with van der Waals surface area (Å²) in [4.78, 5) is 38.0. The van der Waals surface area contributed by atoms with Crippen LogP contribution in [0.1, 0.15) is 34.6 Å². The first-order valence-electron chi connectivity index (χ1n) is 11.7. The summed E-state index contributed by atoms with van der Waals surface area (Å²) in [7, 11) is 0. The van der Waals surface area contributed by atoms with Crippen LogP contribution in [0.4, 0.5) is 23.0 Å². The fourth-order valence-corrected chi connectivity index (χ4v) is 3.79. The second kappa shape index (κ2) is 16.8. The van der Waals surface area contributed by atoms with Crippen LogP contribution in [0.3, 0.4) is 0 Å². The van der Waals surface area contributed by atoms with Crippen molar-refractivity contribution in [2.24, 2.45) is 0 Å². The minimum Gasteiger partial charge on any atom is -0.844 e. The monoisotopic (exact) mass is 874 g/mol. The van der Waals surface area contributed by atoms with E-state index in [0.29, 0.717) is 11.4 Å². The van der Waals surface area contributed by atoms with E-state index in [4.69, 9.17) is 9.47 Å². The Kier molecular flexibility index (Phi) is 13.9. The number of anilines is 4. The maximum Gasteiger partial charge on any atom is 2.00 e. The maximum atomic E-state index is 11.8. The zero-order valence-corrected chi connectivity index (χ0v) is 30.6. The second-order valence-corrected chi connectivity index (χ2v) is 9.19. The fourth-order valence-electron chi connectivity index (χ4n) is 3.02. The van der Waals surface area contributed by atoms with Gasteiger partial charge < -0.3 is 30.3 Å². The molecule has 208 valence electrons. The zero-order valence-electron chi connectivity index (χ0n) is 21.9. The Morgan fingerprint density at radius 1 is 0.732 bits per heavy atom. The van der Waals surface area contributed by atoms with E-state index in [2.05, 4.69) is 62.4 Å². The third-order valence-electron chi connectivity index (χ3n) is 4.78. The van der Waals surface area contributed by atoms with Gasteiger partial charge in [-0.15, -0.1) is 0 Å². The van der Waals surface area contributed by atoms with Gasteiger partial charge in [-0.1, -0.05) is 24.3 Å². The first kappa shape index (κ1) is 33.8. The summed E-state index contributed by atoms with van der Waals surface area (Å²) in [6.07, 6.45) is 2.32. The average Bonchev–Trinajstić information content (AvgIpc) is 2.92. The molecule has 0 spiro atoms. The summed E-state index contributed by atoms with van der Waals surface area (Å²) >= 11 is 6.73. The fraction of sp³-hybridized carbons (Fsp3) is 0.154. The van der Waals surface area contributed by atoms with Crippen LogP contribution < -0.4 is 20.8 Å². The molecule has 2 N–H and O–H groups in total. The van der Waals surface area contributed by atoms with Crippen LogP contribution >= 0.6 is 31.9 Å². The molecule has 0 atom stereocenters. The summed E-state index contributed by atoms with van der Waals surface area (Å²) in [5.74, 6) is -0.921. The normalized spacial score (nSPS) is 9.85. The van der Waals surface area contributed by atoms with E-state index in [-0.39, 0.29) is 63.6 Å². The summed E-state index contributed by atoms with van der Waals surface area (Å²) in [6.45, 7) is 3.85. The molecular formula is C26H22Br2HgN6O6. The van der Waals surface area contributed by atoms with Crippen molar-refractivity contribution in [3.05, 3.63) is 81.0 Å². The number of ether oxygens (including phenoxy) is 2. The van der Waals surface area contributed by atoms with Gasteiger partial charge in [-0.2, -0.15) is 0 Å². The number of nitrogens with zero attached hydrogens (tertiary/aromatic N) is 4. The van der Waals surface area contributed by atoms with Gasteiger partial charge in [0.2, 0.25) is 0 Å². The molecule has 0 aliphatic carbocycles. The van der Waals surface area contributed by atoms with E-state index >= 15 is 0 Å². The quantitative estimate of drug-likeness (QED) is 0.188. The van der Waals surface area contributed by atoms with Gasteiger partial charge in [-0.25, -0.2) is 19.6 Å². The van der Waals surface area contributed by atoms with E-state index in [1.54, 1.807) is 26.0 Å². The van der Waals surface area contributed by atoms with Crippen LogP contribution in [0, 0.1) is 0 Å². The number of carbonyl (C=O) groups is 2. The number of hydrogen-bond donors (Lipinski definition) is 2. The summed E-state index contributed by atoms with van der Waals surface area (Å²) in [6, 6.07) is 13.2. The molecule has 2 aromatic heterocycles. The van der Waals surface area contributed by atoms with Crippen molar-refractivity contribution in [3.63, 3.8) is 0 Å². The Labute approximate surface area is 272 Å². The van der Waals surface area contributed by atoms with Crippen molar-refractivity contribution in [3.8, 4) is 12.0 Å². The zero-order chi connectivity index (χ0) is 29.1. The first-order chi connectivity index (χ1) is 19.2. The molecule has 2 aromatic carbocycles. The number of carbonyl (C=O) groups excluding carboxylic acids is 2. The topological polar surface area (TPSA) is 174 Å². The predicted octanol–water partition coefficient (Wildman–Crippen LogP) is 4.46. The van der Waals surface area contributed by atoms with Crippen LogP contribution in [0.25, 0.3) is 0 Å². The van der Waals surface area contributed by atoms with Gasteiger partial charge >= 0.3 is 39.6 Å². The van der Waals surface area contributed by atoms with E-state index < -0.39 is 24.0 Å². The number of esters is 2. The van der Waals surface area contributed by atoms with Gasteiger partial charge in [0.1, 0.15) is 22.8 Å². The van der Waals surface area contributed by atoms with Gasteiger partial charge in [0, 0.05) is 21.3 Å². The van der Waals surface area contributed by atoms with E-state index in [0.717, 1.165) is 21.3 Å². The predicted molar refractivity (Wildman–Crippen MR) is 150 cm³/mol. The van der Waals surface area contributed by atoms with Crippen molar-refractivity contribution in [2.45, 2.75) is 13.8 Å². The molecule has 0 fully saturated rings. The molecule has 12 nitrogen and oxygen atoms in total. The molecule has 0 bridgehead atoms. The molecule has 4 rings (SSSR count). The van der Waals surface area contributed by atoms with E-state index in [1.807, 2.05) is 36.4 Å². The molecule has 4 aromatic rings. The third kappa shape index (κ3) is 9.90. The van der Waals surface area contributed by atoms with Crippen LogP contribution in [0.2, 0.25) is 0 Å². The largest absolute Gasteiger partial charge is 2.00 e. The Morgan fingerprint density at radius 2 is 1.10 bits per heavy atom. The number of rotatable bonds is 8. The molecular weight excluding hydrogens is 853 g/mol. The first-order valence-corrected chi connectivity index (χ1v) is 13.3. The minimum atomic E-state index is -0.674. The Hall–Kier alpha value is -3.36. The van der Waals surface area contributed by atoms with Crippen LogP contribution in [-0.2, 0) is 37.1 Å². The van der Waals surface area contributed by atoms with Crippen molar-refractivity contribution >= 4 is 66.8 Å². The minimum absolute atomic E-state index is 0. The average molecular weight is 875 g/mol. The number of halogens is 2. The number of nitrogens with one attached hydrogen (secondary N) is 2. The Morgan fingerprint density at radius 3 is 1.44 bits per heavy atom. The van der Waals surface area contributed by atoms with E-state index in [9.17, 15) is 19.8 Å². The molecule has 0 aliphatic heterocycles. The van der Waals surface area contributed by atoms with Crippen molar-refractivity contribution < 1.29 is 56.9 Å². The van der Waals surface area contributed by atoms with Gasteiger partial charge in [0.25, 0.3) is 0 Å². The van der Waals surface area contributed by atoms with E-state index in [1.165, 1.54) is 0 Å². The number of para-hydroxylation sites is 2. The molecule has 15 heteroatoms. The Balaban J connectivity index is 0.000000280. The summed E-state index contributed by atoms with van der Waals surface area (Å²) in [5.41, 5.74) is 1.58. The SMILES string of the molecule is CCOC(=O)c1cnc([O-])nc1Nc1ccccc1Br.CCOC(=O)c1cnc([O-])nc1Nc1ccccc1Br.[Hg+2]. The van der Waals surface area contributed by atoms with Gasteiger partial charge in [0.05, 0.1) is 36.6 Å². The number of aromatic nitrogens is 4. The molecule has 0 aliphatic rings. The molecule has 41 heavy (non-hydrogen) atoms. The van der Waals surface area contributed by atoms with Crippen molar-refractivity contribution in [2.75, 3.05) is 23.8 Å². The number of benzene rings is 2. The second-order valence-electron chi connectivity index (χ2n) is 7.48. The van der Waals surface area contributed by atoms with Crippen LogP contribution in [-0.4, -0.2) is 45.1 Å². The van der Waals surface area contributed by atoms with Crippen molar-refractivity contribution in [1.82, 2.24) is 19.9 Å². The molecule has 0 unspecified atom stereocenters. The molecule has 0 saturated carbocycles. The van der Waals surface area contributed by atoms with Gasteiger partial charge in [-0.3, -0.25) is 9.97 Å². The van der Waals surface area contributed by atoms with Crippen molar-refractivity contribution in [1.29, 1.82) is 0 Å². The summed E-state index contributed by atoms with van der Waals surface area (Å²) < 4.78 is 11.4. The van der Waals surface area contributed by atoms with Crippen LogP contribution in [0.15, 0.2) is 69.9 Å². The molecule has 0 amide bonds. The maximum absolute atomic E-state index is 11.8. The molecule has 0 radical (unpaired) electrons.